The van der Waals surface area contributed by atoms with Gasteiger partial charge in [0.1, 0.15) is 0 Å². The molecule has 2 N–H and O–H groups in total. The van der Waals surface area contributed by atoms with Crippen LogP contribution in [0, 0.1) is 6.92 Å². The standard InChI is InChI=1S/C17H17ClN2O2/c1-11-14(18)9-6-10-15(11)20-17(22)16(21)19-12(2)13-7-4-3-5-8-13/h3-10,12H,1-2H3,(H,19,21)(H,20,22)/t12-/m0/s1. The fourth-order valence-electron chi connectivity index (χ4n) is 2.01. The van der Waals surface area contributed by atoms with Crippen LogP contribution in [-0.2, 0) is 9.59 Å². The van der Waals surface area contributed by atoms with Crippen molar-refractivity contribution in [1.29, 1.82) is 0 Å². The van der Waals surface area contributed by atoms with Crippen LogP contribution >= 0.6 is 11.6 Å². The Hall–Kier alpha value is -2.33. The van der Waals surface area contributed by atoms with Gasteiger partial charge in [-0.1, -0.05) is 48.0 Å². The van der Waals surface area contributed by atoms with Crippen molar-refractivity contribution in [1.82, 2.24) is 5.32 Å². The third-order valence-electron chi connectivity index (χ3n) is 3.37. The molecule has 0 aliphatic carbocycles. The van der Waals surface area contributed by atoms with E-state index in [1.807, 2.05) is 37.3 Å². The summed E-state index contributed by atoms with van der Waals surface area (Å²) in [7, 11) is 0. The number of carbonyl (C=O) groups excluding carboxylic acids is 2. The van der Waals surface area contributed by atoms with Crippen LogP contribution in [0.15, 0.2) is 48.5 Å². The molecule has 0 saturated carbocycles. The molecule has 4 nitrogen and oxygen atoms in total. The molecule has 22 heavy (non-hydrogen) atoms. The predicted molar refractivity (Wildman–Crippen MR) is 87.8 cm³/mol. The lowest BCUT2D eigenvalue weighted by atomic mass is 10.1. The van der Waals surface area contributed by atoms with E-state index in [1.165, 1.54) is 0 Å². The lowest BCUT2D eigenvalue weighted by molar-refractivity contribution is -0.136. The van der Waals surface area contributed by atoms with Crippen molar-refractivity contribution < 1.29 is 9.59 Å². The van der Waals surface area contributed by atoms with Crippen LogP contribution in [0.5, 0.6) is 0 Å². The van der Waals surface area contributed by atoms with Gasteiger partial charge in [-0.15, -0.1) is 0 Å². The lowest BCUT2D eigenvalue weighted by Crippen LogP contribution is -2.37. The van der Waals surface area contributed by atoms with Crippen molar-refractivity contribution in [2.24, 2.45) is 0 Å². The summed E-state index contributed by atoms with van der Waals surface area (Å²) in [6.07, 6.45) is 0. The van der Waals surface area contributed by atoms with E-state index in [-0.39, 0.29) is 6.04 Å². The van der Waals surface area contributed by atoms with Crippen LogP contribution in [0.25, 0.3) is 0 Å². The summed E-state index contributed by atoms with van der Waals surface area (Å²) in [5.41, 5.74) is 2.18. The van der Waals surface area contributed by atoms with Crippen LogP contribution in [0.3, 0.4) is 0 Å². The highest BCUT2D eigenvalue weighted by Crippen LogP contribution is 2.22. The highest BCUT2D eigenvalue weighted by Gasteiger charge is 2.18. The minimum Gasteiger partial charge on any atom is -0.341 e. The van der Waals surface area contributed by atoms with E-state index in [9.17, 15) is 9.59 Å². The monoisotopic (exact) mass is 316 g/mol. The Morgan fingerprint density at radius 2 is 1.68 bits per heavy atom. The van der Waals surface area contributed by atoms with Crippen molar-refractivity contribution in [3.05, 3.63) is 64.7 Å². The molecule has 0 saturated heterocycles. The van der Waals surface area contributed by atoms with Gasteiger partial charge >= 0.3 is 11.8 Å². The highest BCUT2D eigenvalue weighted by molar-refractivity contribution is 6.40. The molecule has 0 heterocycles. The first-order valence-electron chi connectivity index (χ1n) is 6.91. The van der Waals surface area contributed by atoms with Crippen LogP contribution in [0.4, 0.5) is 5.69 Å². The van der Waals surface area contributed by atoms with Gasteiger partial charge in [0.25, 0.3) is 0 Å². The van der Waals surface area contributed by atoms with E-state index in [0.717, 1.165) is 11.1 Å². The minimum atomic E-state index is -0.715. The molecule has 0 fully saturated rings. The number of anilines is 1. The Bertz CT molecular complexity index is 686. The zero-order valence-electron chi connectivity index (χ0n) is 12.4. The number of carbonyl (C=O) groups is 2. The van der Waals surface area contributed by atoms with E-state index in [1.54, 1.807) is 25.1 Å². The van der Waals surface area contributed by atoms with Gasteiger partial charge in [-0.3, -0.25) is 9.59 Å². The number of benzene rings is 2. The molecule has 0 radical (unpaired) electrons. The summed E-state index contributed by atoms with van der Waals surface area (Å²) in [4.78, 5) is 23.9. The van der Waals surface area contributed by atoms with Crippen molar-refractivity contribution in [2.45, 2.75) is 19.9 Å². The van der Waals surface area contributed by atoms with Gasteiger partial charge in [0.15, 0.2) is 0 Å². The van der Waals surface area contributed by atoms with E-state index in [0.29, 0.717) is 10.7 Å². The average Bonchev–Trinajstić information content (AvgIpc) is 2.52. The SMILES string of the molecule is Cc1c(Cl)cccc1NC(=O)C(=O)N[C@@H](C)c1ccccc1. The minimum absolute atomic E-state index is 0.250. The van der Waals surface area contributed by atoms with Gasteiger partial charge in [0, 0.05) is 10.7 Å². The van der Waals surface area contributed by atoms with E-state index in [4.69, 9.17) is 11.6 Å². The Labute approximate surface area is 134 Å². The number of rotatable bonds is 3. The van der Waals surface area contributed by atoms with Crippen molar-refractivity contribution in [3.63, 3.8) is 0 Å². The van der Waals surface area contributed by atoms with Crippen molar-refractivity contribution in [2.75, 3.05) is 5.32 Å². The largest absolute Gasteiger partial charge is 0.341 e. The molecule has 2 aromatic carbocycles. The smallest absolute Gasteiger partial charge is 0.313 e. The van der Waals surface area contributed by atoms with E-state index >= 15 is 0 Å². The highest BCUT2D eigenvalue weighted by atomic mass is 35.5. The number of amides is 2. The maximum Gasteiger partial charge on any atom is 0.313 e. The summed E-state index contributed by atoms with van der Waals surface area (Å²) >= 11 is 5.99. The molecular weight excluding hydrogens is 300 g/mol. The molecule has 2 amide bonds. The molecule has 0 unspecified atom stereocenters. The molecule has 1 atom stereocenters. The van der Waals surface area contributed by atoms with Crippen molar-refractivity contribution in [3.8, 4) is 0 Å². The number of hydrogen-bond acceptors (Lipinski definition) is 2. The molecule has 0 aromatic heterocycles. The Morgan fingerprint density at radius 3 is 2.36 bits per heavy atom. The molecule has 0 spiro atoms. The molecule has 2 rings (SSSR count). The Kier molecular flexibility index (Phi) is 5.17. The molecule has 5 heteroatoms. The molecule has 0 aliphatic rings. The summed E-state index contributed by atoms with van der Waals surface area (Å²) in [6, 6.07) is 14.3. The molecule has 114 valence electrons. The van der Waals surface area contributed by atoms with Crippen LogP contribution in [0.1, 0.15) is 24.1 Å². The summed E-state index contributed by atoms with van der Waals surface area (Å²) in [6.45, 7) is 3.60. The maximum absolute atomic E-state index is 12.0. The Balaban J connectivity index is 2.01. The van der Waals surface area contributed by atoms with E-state index < -0.39 is 11.8 Å². The molecule has 0 aliphatic heterocycles. The van der Waals surface area contributed by atoms with Gasteiger partial charge < -0.3 is 10.6 Å². The van der Waals surface area contributed by atoms with Gasteiger partial charge in [-0.2, -0.15) is 0 Å². The zero-order valence-corrected chi connectivity index (χ0v) is 13.1. The number of nitrogens with one attached hydrogen (secondary N) is 2. The molecular formula is C17H17ClN2O2. The quantitative estimate of drug-likeness (QED) is 0.852. The first-order chi connectivity index (χ1) is 10.5. The van der Waals surface area contributed by atoms with Crippen LogP contribution in [-0.4, -0.2) is 11.8 Å². The summed E-state index contributed by atoms with van der Waals surface area (Å²) in [5, 5.41) is 5.78. The second kappa shape index (κ2) is 7.09. The average molecular weight is 317 g/mol. The lowest BCUT2D eigenvalue weighted by Gasteiger charge is -2.14. The third-order valence-corrected chi connectivity index (χ3v) is 3.78. The van der Waals surface area contributed by atoms with Crippen LogP contribution < -0.4 is 10.6 Å². The van der Waals surface area contributed by atoms with Crippen molar-refractivity contribution >= 4 is 29.1 Å². The fourth-order valence-corrected chi connectivity index (χ4v) is 2.18. The third kappa shape index (κ3) is 3.86. The first kappa shape index (κ1) is 16.0. The zero-order chi connectivity index (χ0) is 16.1. The van der Waals surface area contributed by atoms with Gasteiger partial charge in [-0.25, -0.2) is 0 Å². The number of hydrogen-bond donors (Lipinski definition) is 2. The summed E-state index contributed by atoms with van der Waals surface area (Å²) < 4.78 is 0. The summed E-state index contributed by atoms with van der Waals surface area (Å²) in [5.74, 6) is -1.40. The number of halogens is 1. The molecule has 2 aromatic rings. The fraction of sp³-hybridized carbons (Fsp3) is 0.176. The van der Waals surface area contributed by atoms with Gasteiger partial charge in [-0.05, 0) is 37.1 Å². The van der Waals surface area contributed by atoms with Gasteiger partial charge in [0.05, 0.1) is 6.04 Å². The first-order valence-corrected chi connectivity index (χ1v) is 7.28. The second-order valence-electron chi connectivity index (χ2n) is 4.97. The van der Waals surface area contributed by atoms with Crippen LogP contribution in [0.2, 0.25) is 5.02 Å². The predicted octanol–water partition coefficient (Wildman–Crippen LogP) is 3.46. The Morgan fingerprint density at radius 1 is 1.00 bits per heavy atom. The molecule has 0 bridgehead atoms. The normalized spacial score (nSPS) is 11.6. The van der Waals surface area contributed by atoms with E-state index in [2.05, 4.69) is 10.6 Å². The topological polar surface area (TPSA) is 58.2 Å². The van der Waals surface area contributed by atoms with Gasteiger partial charge in [0.2, 0.25) is 0 Å². The maximum atomic E-state index is 12.0. The second-order valence-corrected chi connectivity index (χ2v) is 5.38.